The van der Waals surface area contributed by atoms with E-state index >= 15 is 0 Å². The minimum Gasteiger partial charge on any atom is -0.426 e. The van der Waals surface area contributed by atoms with Crippen LogP contribution < -0.4 is 0 Å². The molecule has 5 heteroatoms. The summed E-state index contributed by atoms with van der Waals surface area (Å²) in [6.07, 6.45) is 9.17. The predicted octanol–water partition coefficient (Wildman–Crippen LogP) is 5.51. The van der Waals surface area contributed by atoms with E-state index in [1.807, 2.05) is 6.08 Å². The lowest BCUT2D eigenvalue weighted by atomic mass is 9.42. The highest BCUT2D eigenvalue weighted by atomic mass is 16.7. The number of aliphatic hydroxyl groups excluding tert-OH is 1. The molecule has 0 aromatic carbocycles. The number of allylic oxidation sites excluding steroid dienone is 1. The highest BCUT2D eigenvalue weighted by Gasteiger charge is 2.75. The molecule has 5 nitrogen and oxygen atoms in total. The van der Waals surface area contributed by atoms with E-state index in [0.717, 1.165) is 32.1 Å². The van der Waals surface area contributed by atoms with E-state index < -0.39 is 11.2 Å². The van der Waals surface area contributed by atoms with Gasteiger partial charge in [-0.1, -0.05) is 53.2 Å². The zero-order valence-electron chi connectivity index (χ0n) is 22.5. The minimum atomic E-state index is -0.998. The monoisotopic (exact) mass is 482 g/mol. The minimum absolute atomic E-state index is 0.161. The Morgan fingerprint density at radius 2 is 1.74 bits per heavy atom. The van der Waals surface area contributed by atoms with Crippen LogP contribution in [-0.2, 0) is 19.1 Å². The lowest BCUT2D eigenvalue weighted by molar-refractivity contribution is -0.275. The summed E-state index contributed by atoms with van der Waals surface area (Å²) in [6.45, 7) is 15.5. The lowest BCUT2D eigenvalue weighted by Crippen LogP contribution is -2.61. The molecule has 6 aliphatic rings. The summed E-state index contributed by atoms with van der Waals surface area (Å²) in [6, 6.07) is 0. The molecule has 0 bridgehead atoms. The molecule has 0 aromatic rings. The quantitative estimate of drug-likeness (QED) is 0.364. The van der Waals surface area contributed by atoms with Crippen molar-refractivity contribution in [3.63, 3.8) is 0 Å². The van der Waals surface area contributed by atoms with Gasteiger partial charge in [0.15, 0.2) is 0 Å². The number of Topliss-reactive ketones (excluding diaryl/α,β-unsaturated/α-hetero) is 1. The molecule has 2 spiro atoms. The summed E-state index contributed by atoms with van der Waals surface area (Å²) in [4.78, 5) is 26.5. The molecule has 0 amide bonds. The second kappa shape index (κ2) is 6.69. The van der Waals surface area contributed by atoms with Gasteiger partial charge in [0.25, 0.3) is 0 Å². The SMILES string of the molecule is CC1=C[C@]2(C[C@@H](C)[C@]3(C)[C@@H](C=C4[C@]5(CC[C@H]6C(C)(C)[C@H](O)CC[C@@]65C)C(=O)CC[C@]43C)O2)OC1=O. The number of esters is 1. The van der Waals surface area contributed by atoms with Gasteiger partial charge in [-0.2, -0.15) is 0 Å². The Balaban J connectivity index is 1.50. The fraction of sp³-hybridized carbons (Fsp3) is 0.800. The maximum atomic E-state index is 14.2. The second-order valence-electron chi connectivity index (χ2n) is 14.1. The van der Waals surface area contributed by atoms with Gasteiger partial charge in [0.1, 0.15) is 5.78 Å². The Hall–Kier alpha value is -1.46. The van der Waals surface area contributed by atoms with Gasteiger partial charge in [0.05, 0.1) is 17.6 Å². The standard InChI is InChI=1S/C30H42O5/c1-17-15-29(35-24(17)33)16-18(2)28(7)23(34-29)14-20-26(28,5)11-10-22(32)30(20)13-8-19-25(3,4)21(31)9-12-27(19,30)6/h14-15,18-19,21,23,31H,8-13,16H2,1-7H3/t18-,19+,21-,23-,26-,27+,28-,29-,30-/m1/s1. The van der Waals surface area contributed by atoms with E-state index in [4.69, 9.17) is 9.47 Å². The Bertz CT molecular complexity index is 1090. The topological polar surface area (TPSA) is 72.8 Å². The molecule has 3 saturated carbocycles. The van der Waals surface area contributed by atoms with Crippen molar-refractivity contribution >= 4 is 11.8 Å². The van der Waals surface area contributed by atoms with Crippen molar-refractivity contribution in [3.8, 4) is 0 Å². The zero-order valence-corrected chi connectivity index (χ0v) is 22.5. The fourth-order valence-corrected chi connectivity index (χ4v) is 10.3. The molecule has 2 aliphatic heterocycles. The molecule has 0 radical (unpaired) electrons. The first kappa shape index (κ1) is 23.9. The molecule has 192 valence electrons. The number of rotatable bonds is 0. The average Bonchev–Trinajstić information content (AvgIpc) is 3.32. The van der Waals surface area contributed by atoms with Crippen LogP contribution in [0.4, 0.5) is 0 Å². The first-order valence-electron chi connectivity index (χ1n) is 13.7. The van der Waals surface area contributed by atoms with Crippen LogP contribution >= 0.6 is 0 Å². The van der Waals surface area contributed by atoms with Crippen molar-refractivity contribution in [3.05, 3.63) is 23.3 Å². The summed E-state index contributed by atoms with van der Waals surface area (Å²) >= 11 is 0. The smallest absolute Gasteiger partial charge is 0.336 e. The van der Waals surface area contributed by atoms with Gasteiger partial charge < -0.3 is 14.6 Å². The maximum absolute atomic E-state index is 14.2. The molecule has 6 rings (SSSR count). The summed E-state index contributed by atoms with van der Waals surface area (Å²) in [5.41, 5.74) is 0.658. The van der Waals surface area contributed by atoms with Gasteiger partial charge >= 0.3 is 5.97 Å². The number of ketones is 1. The predicted molar refractivity (Wildman–Crippen MR) is 132 cm³/mol. The summed E-state index contributed by atoms with van der Waals surface area (Å²) in [5.74, 6) is -0.355. The van der Waals surface area contributed by atoms with Crippen LogP contribution in [0.2, 0.25) is 0 Å². The van der Waals surface area contributed by atoms with Crippen LogP contribution in [0.25, 0.3) is 0 Å². The van der Waals surface area contributed by atoms with Gasteiger partial charge in [-0.05, 0) is 73.2 Å². The molecule has 0 unspecified atom stereocenters. The molecule has 1 N–H and O–H groups in total. The summed E-state index contributed by atoms with van der Waals surface area (Å²) in [5, 5.41) is 10.9. The Labute approximate surface area is 209 Å². The number of ether oxygens (including phenoxy) is 2. The zero-order chi connectivity index (χ0) is 25.4. The third-order valence-corrected chi connectivity index (χ3v) is 12.7. The van der Waals surface area contributed by atoms with Crippen LogP contribution in [0.15, 0.2) is 23.3 Å². The van der Waals surface area contributed by atoms with E-state index in [9.17, 15) is 14.7 Å². The fourth-order valence-electron chi connectivity index (χ4n) is 10.3. The maximum Gasteiger partial charge on any atom is 0.336 e. The Morgan fingerprint density at radius 3 is 2.40 bits per heavy atom. The largest absolute Gasteiger partial charge is 0.426 e. The highest BCUT2D eigenvalue weighted by Crippen LogP contribution is 2.78. The molecular formula is C30H42O5. The van der Waals surface area contributed by atoms with E-state index in [-0.39, 0.29) is 45.8 Å². The second-order valence-corrected chi connectivity index (χ2v) is 14.1. The number of aliphatic hydroxyl groups is 1. The van der Waals surface area contributed by atoms with E-state index in [0.29, 0.717) is 30.1 Å². The van der Waals surface area contributed by atoms with Crippen LogP contribution in [0.3, 0.4) is 0 Å². The highest BCUT2D eigenvalue weighted by molar-refractivity contribution is 5.92. The lowest BCUT2D eigenvalue weighted by Gasteiger charge is -2.62. The van der Waals surface area contributed by atoms with Crippen molar-refractivity contribution in [2.45, 2.75) is 111 Å². The van der Waals surface area contributed by atoms with Gasteiger partial charge in [-0.3, -0.25) is 4.79 Å². The number of carbonyl (C=O) groups excluding carboxylic acids is 2. The Kier molecular flexibility index (Phi) is 4.57. The van der Waals surface area contributed by atoms with Crippen LogP contribution in [0.5, 0.6) is 0 Å². The molecule has 0 aromatic heterocycles. The summed E-state index contributed by atoms with van der Waals surface area (Å²) < 4.78 is 12.6. The van der Waals surface area contributed by atoms with E-state index in [1.54, 1.807) is 6.92 Å². The van der Waals surface area contributed by atoms with Crippen LogP contribution in [-0.4, -0.2) is 34.9 Å². The number of hydrogen-bond acceptors (Lipinski definition) is 5. The van der Waals surface area contributed by atoms with E-state index in [2.05, 4.69) is 47.6 Å². The third kappa shape index (κ3) is 2.48. The first-order valence-corrected chi connectivity index (χ1v) is 13.7. The van der Waals surface area contributed by atoms with Crippen LogP contribution in [0.1, 0.15) is 93.4 Å². The molecular weight excluding hydrogens is 440 g/mol. The van der Waals surface area contributed by atoms with Gasteiger partial charge in [-0.25, -0.2) is 4.79 Å². The molecule has 1 saturated heterocycles. The normalized spacial score (nSPS) is 54.3. The first-order chi connectivity index (χ1) is 16.2. The van der Waals surface area contributed by atoms with Crippen LogP contribution in [0, 0.1) is 38.9 Å². The Morgan fingerprint density at radius 1 is 1.03 bits per heavy atom. The van der Waals surface area contributed by atoms with Crippen molar-refractivity contribution in [2.75, 3.05) is 0 Å². The van der Waals surface area contributed by atoms with Gasteiger partial charge in [0, 0.05) is 23.8 Å². The van der Waals surface area contributed by atoms with Crippen molar-refractivity contribution in [1.82, 2.24) is 0 Å². The number of hydrogen-bond donors (Lipinski definition) is 1. The van der Waals surface area contributed by atoms with E-state index in [1.165, 1.54) is 5.57 Å². The molecule has 4 fully saturated rings. The number of carbonyl (C=O) groups is 2. The molecule has 35 heavy (non-hydrogen) atoms. The molecule has 4 aliphatic carbocycles. The summed E-state index contributed by atoms with van der Waals surface area (Å²) in [7, 11) is 0. The van der Waals surface area contributed by atoms with Gasteiger partial charge in [0.2, 0.25) is 5.79 Å². The van der Waals surface area contributed by atoms with Crippen molar-refractivity contribution in [1.29, 1.82) is 0 Å². The molecule has 9 atom stereocenters. The third-order valence-electron chi connectivity index (χ3n) is 12.7. The van der Waals surface area contributed by atoms with Crippen molar-refractivity contribution in [2.24, 2.45) is 38.9 Å². The van der Waals surface area contributed by atoms with Gasteiger partial charge in [-0.15, -0.1) is 0 Å². The average molecular weight is 483 g/mol. The number of fused-ring (bicyclic) bond motifs is 6. The van der Waals surface area contributed by atoms with Crippen molar-refractivity contribution < 1.29 is 24.2 Å². The molecule has 2 heterocycles.